The lowest BCUT2D eigenvalue weighted by atomic mass is 10.0. The largest absolute Gasteiger partial charge is 0.394 e. The molecule has 2 heterocycles. The van der Waals surface area contributed by atoms with Gasteiger partial charge in [-0.15, -0.1) is 0 Å². The summed E-state index contributed by atoms with van der Waals surface area (Å²) in [5.74, 6) is -0.175. The maximum Gasteiger partial charge on any atom is 0.228 e. The highest BCUT2D eigenvalue weighted by atomic mass is 16.5. The smallest absolute Gasteiger partial charge is 0.228 e. The van der Waals surface area contributed by atoms with E-state index in [2.05, 4.69) is 0 Å². The summed E-state index contributed by atoms with van der Waals surface area (Å²) in [5.41, 5.74) is 0. The molecule has 0 aromatic rings. The Balaban J connectivity index is 2.00. The Morgan fingerprint density at radius 1 is 1.47 bits per heavy atom. The van der Waals surface area contributed by atoms with Crippen molar-refractivity contribution in [2.24, 2.45) is 5.92 Å². The van der Waals surface area contributed by atoms with Gasteiger partial charge in [0.05, 0.1) is 31.3 Å². The summed E-state index contributed by atoms with van der Waals surface area (Å²) in [6.07, 6.45) is 0.000105. The maximum atomic E-state index is 12.5. The number of aliphatic hydroxyl groups is 1. The quantitative estimate of drug-likeness (QED) is 0.748. The fourth-order valence-electron chi connectivity index (χ4n) is 2.71. The van der Waals surface area contributed by atoms with Gasteiger partial charge in [0, 0.05) is 26.1 Å². The second-order valence-corrected chi connectivity index (χ2v) is 5.31. The van der Waals surface area contributed by atoms with Gasteiger partial charge in [0.25, 0.3) is 0 Å². The van der Waals surface area contributed by atoms with Crippen molar-refractivity contribution in [2.75, 3.05) is 32.8 Å². The minimum absolute atomic E-state index is 0.000999. The molecule has 3 atom stereocenters. The highest BCUT2D eigenvalue weighted by Gasteiger charge is 2.39. The second-order valence-electron chi connectivity index (χ2n) is 5.31. The van der Waals surface area contributed by atoms with Crippen LogP contribution in [0.5, 0.6) is 0 Å². The number of hydrogen-bond donors (Lipinski definition) is 1. The van der Waals surface area contributed by atoms with Crippen LogP contribution >= 0.6 is 0 Å². The van der Waals surface area contributed by atoms with Crippen LogP contribution in [0.1, 0.15) is 20.3 Å². The number of hydrogen-bond acceptors (Lipinski definition) is 4. The third-order valence-corrected chi connectivity index (χ3v) is 3.94. The summed E-state index contributed by atoms with van der Waals surface area (Å²) in [6.45, 7) is 5.79. The monoisotopic (exact) mass is 270 g/mol. The molecule has 0 aliphatic carbocycles. The van der Waals surface area contributed by atoms with Crippen molar-refractivity contribution in [3.05, 3.63) is 0 Å². The van der Waals surface area contributed by atoms with E-state index in [4.69, 9.17) is 9.84 Å². The summed E-state index contributed by atoms with van der Waals surface area (Å²) in [4.78, 5) is 27.7. The molecule has 0 radical (unpaired) electrons. The number of rotatable bonds is 3. The van der Waals surface area contributed by atoms with Gasteiger partial charge in [-0.1, -0.05) is 0 Å². The van der Waals surface area contributed by atoms with E-state index in [9.17, 15) is 9.59 Å². The number of ether oxygens (including phenoxy) is 1. The Bertz CT molecular complexity index is 361. The van der Waals surface area contributed by atoms with Crippen LogP contribution in [0.2, 0.25) is 0 Å². The van der Waals surface area contributed by atoms with Crippen LogP contribution < -0.4 is 0 Å². The molecule has 2 aliphatic rings. The number of nitrogens with zero attached hydrogens (tertiary/aromatic N) is 2. The standard InChI is InChI=1S/C13H22N2O4/c1-3-14-5-10(4-12(14)17)13(18)15-6-11(7-16)19-8-9(15)2/h9-11,16H,3-8H2,1-2H3. The predicted octanol–water partition coefficient (Wildman–Crippen LogP) is -0.537. The Hall–Kier alpha value is -1.14. The summed E-state index contributed by atoms with van der Waals surface area (Å²) < 4.78 is 5.42. The molecule has 0 aromatic carbocycles. The number of carbonyl (C=O) groups is 2. The molecular formula is C13H22N2O4. The van der Waals surface area contributed by atoms with E-state index in [1.54, 1.807) is 9.80 Å². The predicted molar refractivity (Wildman–Crippen MR) is 68.4 cm³/mol. The first-order valence-electron chi connectivity index (χ1n) is 6.87. The van der Waals surface area contributed by atoms with Gasteiger partial charge < -0.3 is 19.6 Å². The lowest BCUT2D eigenvalue weighted by Crippen LogP contribution is -2.53. The zero-order chi connectivity index (χ0) is 14.0. The van der Waals surface area contributed by atoms with Crippen molar-refractivity contribution in [3.63, 3.8) is 0 Å². The van der Waals surface area contributed by atoms with E-state index < -0.39 is 0 Å². The van der Waals surface area contributed by atoms with Crippen LogP contribution in [0.15, 0.2) is 0 Å². The van der Waals surface area contributed by atoms with Gasteiger partial charge in [-0.05, 0) is 13.8 Å². The van der Waals surface area contributed by atoms with Crippen LogP contribution in [0.25, 0.3) is 0 Å². The molecule has 2 aliphatic heterocycles. The molecule has 2 rings (SSSR count). The van der Waals surface area contributed by atoms with Gasteiger partial charge in [-0.2, -0.15) is 0 Å². The summed E-state index contributed by atoms with van der Waals surface area (Å²) >= 11 is 0. The third-order valence-electron chi connectivity index (χ3n) is 3.94. The van der Waals surface area contributed by atoms with Gasteiger partial charge in [0.15, 0.2) is 0 Å². The van der Waals surface area contributed by atoms with Crippen LogP contribution in [0.3, 0.4) is 0 Å². The first kappa shape index (κ1) is 14.3. The van der Waals surface area contributed by atoms with Gasteiger partial charge in [0.2, 0.25) is 11.8 Å². The van der Waals surface area contributed by atoms with E-state index in [1.165, 1.54) is 0 Å². The maximum absolute atomic E-state index is 12.5. The van der Waals surface area contributed by atoms with E-state index in [0.29, 0.717) is 32.7 Å². The first-order chi connectivity index (χ1) is 9.06. The zero-order valence-electron chi connectivity index (χ0n) is 11.5. The minimum Gasteiger partial charge on any atom is -0.394 e. The lowest BCUT2D eigenvalue weighted by molar-refractivity contribution is -0.150. The third kappa shape index (κ3) is 2.90. The number of likely N-dealkylation sites (tertiary alicyclic amines) is 1. The highest BCUT2D eigenvalue weighted by Crippen LogP contribution is 2.22. The Morgan fingerprint density at radius 2 is 2.21 bits per heavy atom. The number of aliphatic hydroxyl groups excluding tert-OH is 1. The van der Waals surface area contributed by atoms with Crippen molar-refractivity contribution < 1.29 is 19.4 Å². The summed E-state index contributed by atoms with van der Waals surface area (Å²) in [5, 5.41) is 9.14. The average Bonchev–Trinajstić information content (AvgIpc) is 2.80. The Labute approximate surface area is 113 Å². The van der Waals surface area contributed by atoms with Crippen LogP contribution in [0, 0.1) is 5.92 Å². The zero-order valence-corrected chi connectivity index (χ0v) is 11.5. The van der Waals surface area contributed by atoms with Crippen LogP contribution in [0.4, 0.5) is 0 Å². The molecule has 1 N–H and O–H groups in total. The normalized spacial score (nSPS) is 31.9. The molecule has 0 bridgehead atoms. The second kappa shape index (κ2) is 5.88. The van der Waals surface area contributed by atoms with E-state index in [1.807, 2.05) is 13.8 Å². The number of carbonyl (C=O) groups excluding carboxylic acids is 2. The molecule has 19 heavy (non-hydrogen) atoms. The Morgan fingerprint density at radius 3 is 2.79 bits per heavy atom. The number of amides is 2. The molecule has 0 aromatic heterocycles. The topological polar surface area (TPSA) is 70.1 Å². The Kier molecular flexibility index (Phi) is 4.42. The van der Waals surface area contributed by atoms with Gasteiger partial charge in [0.1, 0.15) is 0 Å². The van der Waals surface area contributed by atoms with Crippen LogP contribution in [-0.2, 0) is 14.3 Å². The van der Waals surface area contributed by atoms with Gasteiger partial charge >= 0.3 is 0 Å². The van der Waals surface area contributed by atoms with E-state index in [0.717, 1.165) is 0 Å². The molecule has 6 heteroatoms. The molecule has 2 fully saturated rings. The lowest BCUT2D eigenvalue weighted by Gasteiger charge is -2.38. The molecule has 0 saturated carbocycles. The van der Waals surface area contributed by atoms with Crippen molar-refractivity contribution in [1.29, 1.82) is 0 Å². The van der Waals surface area contributed by atoms with Gasteiger partial charge in [-0.25, -0.2) is 0 Å². The number of morpholine rings is 1. The van der Waals surface area contributed by atoms with Crippen molar-refractivity contribution >= 4 is 11.8 Å². The molecular weight excluding hydrogens is 248 g/mol. The molecule has 2 amide bonds. The molecule has 6 nitrogen and oxygen atoms in total. The minimum atomic E-state index is -0.306. The molecule has 2 saturated heterocycles. The fourth-order valence-corrected chi connectivity index (χ4v) is 2.71. The molecule has 108 valence electrons. The molecule has 3 unspecified atom stereocenters. The summed E-state index contributed by atoms with van der Waals surface area (Å²) in [7, 11) is 0. The van der Waals surface area contributed by atoms with E-state index >= 15 is 0 Å². The van der Waals surface area contributed by atoms with Crippen molar-refractivity contribution in [2.45, 2.75) is 32.4 Å². The van der Waals surface area contributed by atoms with Crippen molar-refractivity contribution in [3.8, 4) is 0 Å². The van der Waals surface area contributed by atoms with Crippen LogP contribution in [-0.4, -0.2) is 71.7 Å². The first-order valence-corrected chi connectivity index (χ1v) is 6.87. The SMILES string of the molecule is CCN1CC(C(=O)N2CC(CO)OCC2C)CC1=O. The summed E-state index contributed by atoms with van der Waals surface area (Å²) in [6, 6.07) is 0.000999. The van der Waals surface area contributed by atoms with Gasteiger partial charge in [-0.3, -0.25) is 9.59 Å². The average molecular weight is 270 g/mol. The fraction of sp³-hybridized carbons (Fsp3) is 0.846. The highest BCUT2D eigenvalue weighted by molar-refractivity contribution is 5.89. The van der Waals surface area contributed by atoms with Crippen molar-refractivity contribution in [1.82, 2.24) is 9.80 Å². The molecule has 0 spiro atoms. The van der Waals surface area contributed by atoms with E-state index in [-0.39, 0.29) is 36.5 Å².